The molecule has 1 saturated heterocycles. The minimum atomic E-state index is -4.20. The number of nitrogens with one attached hydrogen (secondary N) is 1. The Hall–Kier alpha value is -2.19. The molecule has 2 aliphatic rings. The Morgan fingerprint density at radius 2 is 2.08 bits per heavy atom. The number of halogens is 3. The number of fused-ring (bicyclic) bond motifs is 1. The molecule has 1 unspecified atom stereocenters. The molecule has 1 aliphatic carbocycles. The molecule has 1 aliphatic heterocycles. The second-order valence-electron chi connectivity index (χ2n) is 6.69. The molecule has 0 radical (unpaired) electrons. The van der Waals surface area contributed by atoms with E-state index < -0.39 is 17.5 Å². The largest absolute Gasteiger partial charge is 0.392 e. The van der Waals surface area contributed by atoms with Crippen LogP contribution in [0.3, 0.4) is 0 Å². The maximum atomic E-state index is 13.3. The van der Waals surface area contributed by atoms with E-state index in [9.17, 15) is 18.0 Å². The summed E-state index contributed by atoms with van der Waals surface area (Å²) in [6.07, 6.45) is -2.40. The molecule has 128 valence electrons. The van der Waals surface area contributed by atoms with Gasteiger partial charge < -0.3 is 4.90 Å². The summed E-state index contributed by atoms with van der Waals surface area (Å²) in [5, 5.41) is 10.1. The standard InChI is InChI=1S/C15H16F3N5O/c16-15(17,18)11-4-7-23(8-14(11)5-1-6-14)13(24)10-3-2-9-12(19-10)21-22-20-9/h2-3,11H,1,4-8H2,(H,19,20,21,22). The lowest BCUT2D eigenvalue weighted by Crippen LogP contribution is -2.57. The molecule has 1 spiro atoms. The molecule has 2 fully saturated rings. The van der Waals surface area contributed by atoms with Gasteiger partial charge in [-0.2, -0.15) is 23.5 Å². The van der Waals surface area contributed by atoms with Gasteiger partial charge in [0.25, 0.3) is 5.91 Å². The van der Waals surface area contributed by atoms with Crippen molar-refractivity contribution >= 4 is 17.1 Å². The van der Waals surface area contributed by atoms with E-state index in [2.05, 4.69) is 20.4 Å². The van der Waals surface area contributed by atoms with Gasteiger partial charge >= 0.3 is 6.18 Å². The third kappa shape index (κ3) is 2.33. The van der Waals surface area contributed by atoms with Crippen molar-refractivity contribution in [2.45, 2.75) is 31.9 Å². The summed E-state index contributed by atoms with van der Waals surface area (Å²) in [4.78, 5) is 18.3. The second kappa shape index (κ2) is 5.15. The predicted octanol–water partition coefficient (Wildman–Crippen LogP) is 2.55. The Kier molecular flexibility index (Phi) is 3.29. The van der Waals surface area contributed by atoms with Crippen LogP contribution in [0.2, 0.25) is 0 Å². The molecule has 1 amide bonds. The number of aromatic amines is 1. The van der Waals surface area contributed by atoms with Crippen molar-refractivity contribution < 1.29 is 18.0 Å². The van der Waals surface area contributed by atoms with Gasteiger partial charge in [0.05, 0.1) is 5.92 Å². The van der Waals surface area contributed by atoms with Crippen LogP contribution in [-0.4, -0.2) is 50.5 Å². The summed E-state index contributed by atoms with van der Waals surface area (Å²) in [6, 6.07) is 3.16. The fourth-order valence-corrected chi connectivity index (χ4v) is 4.00. The minimum Gasteiger partial charge on any atom is -0.337 e. The van der Waals surface area contributed by atoms with Crippen molar-refractivity contribution in [3.8, 4) is 0 Å². The summed E-state index contributed by atoms with van der Waals surface area (Å²) in [5.74, 6) is -1.65. The molecule has 1 saturated carbocycles. The van der Waals surface area contributed by atoms with E-state index in [0.717, 1.165) is 6.42 Å². The van der Waals surface area contributed by atoms with Crippen LogP contribution in [0.15, 0.2) is 12.1 Å². The number of nitrogens with zero attached hydrogens (tertiary/aromatic N) is 4. The molecule has 2 aromatic heterocycles. The Morgan fingerprint density at radius 1 is 1.29 bits per heavy atom. The van der Waals surface area contributed by atoms with E-state index in [1.807, 2.05) is 0 Å². The molecule has 0 bridgehead atoms. The molecule has 1 N–H and O–H groups in total. The van der Waals surface area contributed by atoms with Crippen LogP contribution in [0.4, 0.5) is 13.2 Å². The maximum Gasteiger partial charge on any atom is 0.392 e. The van der Waals surface area contributed by atoms with Gasteiger partial charge in [-0.05, 0) is 36.8 Å². The molecule has 2 aromatic rings. The third-order valence-corrected chi connectivity index (χ3v) is 5.36. The van der Waals surface area contributed by atoms with Crippen LogP contribution < -0.4 is 0 Å². The van der Waals surface area contributed by atoms with Gasteiger partial charge in [0.1, 0.15) is 11.2 Å². The fourth-order valence-electron chi connectivity index (χ4n) is 4.00. The highest BCUT2D eigenvalue weighted by Gasteiger charge is 2.58. The smallest absolute Gasteiger partial charge is 0.337 e. The van der Waals surface area contributed by atoms with Crippen LogP contribution in [0.1, 0.15) is 36.2 Å². The van der Waals surface area contributed by atoms with Gasteiger partial charge in [0.15, 0.2) is 0 Å². The first-order chi connectivity index (χ1) is 11.4. The first-order valence-electron chi connectivity index (χ1n) is 7.93. The molecular formula is C15H16F3N5O. The number of pyridine rings is 1. The predicted molar refractivity (Wildman–Crippen MR) is 78.0 cm³/mol. The lowest BCUT2D eigenvalue weighted by atomic mass is 9.58. The van der Waals surface area contributed by atoms with Crippen molar-refractivity contribution in [3.05, 3.63) is 17.8 Å². The number of rotatable bonds is 1. The van der Waals surface area contributed by atoms with E-state index in [0.29, 0.717) is 24.0 Å². The zero-order valence-electron chi connectivity index (χ0n) is 12.8. The zero-order valence-corrected chi connectivity index (χ0v) is 12.8. The SMILES string of the molecule is O=C(c1ccc2n[nH]nc2n1)N1CCC(C(F)(F)F)C2(CCC2)C1. The number of hydrogen-bond donors (Lipinski definition) is 1. The van der Waals surface area contributed by atoms with E-state index in [1.54, 1.807) is 6.07 Å². The monoisotopic (exact) mass is 339 g/mol. The lowest BCUT2D eigenvalue weighted by Gasteiger charge is -2.54. The number of amides is 1. The Labute approximate surface area is 135 Å². The molecule has 6 nitrogen and oxygen atoms in total. The first-order valence-corrected chi connectivity index (χ1v) is 7.93. The third-order valence-electron chi connectivity index (χ3n) is 5.36. The number of hydrogen-bond acceptors (Lipinski definition) is 4. The second-order valence-corrected chi connectivity index (χ2v) is 6.69. The molecule has 1 atom stereocenters. The van der Waals surface area contributed by atoms with Crippen LogP contribution >= 0.6 is 0 Å². The van der Waals surface area contributed by atoms with Gasteiger partial charge in [0.2, 0.25) is 5.65 Å². The van der Waals surface area contributed by atoms with Crippen molar-refractivity contribution in [1.82, 2.24) is 25.3 Å². The Balaban J connectivity index is 1.58. The highest BCUT2D eigenvalue weighted by atomic mass is 19.4. The summed E-state index contributed by atoms with van der Waals surface area (Å²) >= 11 is 0. The van der Waals surface area contributed by atoms with Gasteiger partial charge in [-0.25, -0.2) is 4.98 Å². The Bertz CT molecular complexity index is 783. The van der Waals surface area contributed by atoms with Gasteiger partial charge in [-0.15, -0.1) is 5.10 Å². The molecule has 3 heterocycles. The molecular weight excluding hydrogens is 323 g/mol. The number of carbonyl (C=O) groups is 1. The molecule has 9 heteroatoms. The number of alkyl halides is 3. The molecule has 0 aromatic carbocycles. The van der Waals surface area contributed by atoms with Gasteiger partial charge in [-0.1, -0.05) is 6.42 Å². The van der Waals surface area contributed by atoms with Crippen LogP contribution in [0, 0.1) is 11.3 Å². The van der Waals surface area contributed by atoms with Gasteiger partial charge in [-0.3, -0.25) is 4.79 Å². The summed E-state index contributed by atoms with van der Waals surface area (Å²) in [6.45, 7) is 0.248. The van der Waals surface area contributed by atoms with Crippen molar-refractivity contribution in [3.63, 3.8) is 0 Å². The molecule has 24 heavy (non-hydrogen) atoms. The zero-order chi connectivity index (χ0) is 16.9. The van der Waals surface area contributed by atoms with Crippen molar-refractivity contribution in [1.29, 1.82) is 0 Å². The summed E-state index contributed by atoms with van der Waals surface area (Å²) < 4.78 is 39.9. The number of aromatic nitrogens is 4. The number of H-pyrrole nitrogens is 1. The van der Waals surface area contributed by atoms with Crippen LogP contribution in [-0.2, 0) is 0 Å². The summed E-state index contributed by atoms with van der Waals surface area (Å²) in [7, 11) is 0. The van der Waals surface area contributed by atoms with Gasteiger partial charge in [0, 0.05) is 13.1 Å². The quantitative estimate of drug-likeness (QED) is 0.866. The van der Waals surface area contributed by atoms with E-state index >= 15 is 0 Å². The number of carbonyl (C=O) groups excluding carboxylic acids is 1. The van der Waals surface area contributed by atoms with Crippen LogP contribution in [0.25, 0.3) is 11.2 Å². The molecule has 4 rings (SSSR count). The van der Waals surface area contributed by atoms with Crippen molar-refractivity contribution in [2.75, 3.05) is 13.1 Å². The number of piperidine rings is 1. The van der Waals surface area contributed by atoms with Crippen molar-refractivity contribution in [2.24, 2.45) is 11.3 Å². The van der Waals surface area contributed by atoms with E-state index in [4.69, 9.17) is 0 Å². The van der Waals surface area contributed by atoms with E-state index in [-0.39, 0.29) is 31.1 Å². The maximum absolute atomic E-state index is 13.3. The highest BCUT2D eigenvalue weighted by Crippen LogP contribution is 2.56. The lowest BCUT2D eigenvalue weighted by molar-refractivity contribution is -0.235. The Morgan fingerprint density at radius 3 is 2.75 bits per heavy atom. The van der Waals surface area contributed by atoms with E-state index in [1.165, 1.54) is 11.0 Å². The first kappa shape index (κ1) is 15.3. The fraction of sp³-hybridized carbons (Fsp3) is 0.600. The topological polar surface area (TPSA) is 74.8 Å². The number of likely N-dealkylation sites (tertiary alicyclic amines) is 1. The normalized spacial score (nSPS) is 23.5. The summed E-state index contributed by atoms with van der Waals surface area (Å²) in [5.41, 5.74) is 0.239. The minimum absolute atomic E-state index is 0.0402. The highest BCUT2D eigenvalue weighted by molar-refractivity contribution is 5.94. The average Bonchev–Trinajstić information content (AvgIpc) is 2.98. The average molecular weight is 339 g/mol. The van der Waals surface area contributed by atoms with Crippen LogP contribution in [0.5, 0.6) is 0 Å².